The fourth-order valence-electron chi connectivity index (χ4n) is 2.95. The van der Waals surface area contributed by atoms with E-state index in [1.54, 1.807) is 24.3 Å². The van der Waals surface area contributed by atoms with Crippen molar-refractivity contribution in [3.05, 3.63) is 64.4 Å². The van der Waals surface area contributed by atoms with Gasteiger partial charge in [-0.1, -0.05) is 11.6 Å². The zero-order valence-corrected chi connectivity index (χ0v) is 16.7. The molecule has 2 aromatic carbocycles. The summed E-state index contributed by atoms with van der Waals surface area (Å²) in [6.07, 6.45) is 0. The molecule has 0 bridgehead atoms. The maximum atomic E-state index is 14.5. The van der Waals surface area contributed by atoms with E-state index in [2.05, 4.69) is 10.6 Å². The molecule has 28 heavy (non-hydrogen) atoms. The van der Waals surface area contributed by atoms with Crippen LogP contribution >= 0.6 is 11.6 Å². The SMILES string of the molecule is CN1C(=N)N[C@](C)(c2cc(NC(=O)c3ccc(Cl)cc3)ccc2F)CS1(=O)=O. The van der Waals surface area contributed by atoms with Gasteiger partial charge in [0.05, 0.1) is 11.3 Å². The van der Waals surface area contributed by atoms with Gasteiger partial charge in [-0.05, 0) is 49.4 Å². The van der Waals surface area contributed by atoms with Crippen molar-refractivity contribution >= 4 is 39.2 Å². The minimum Gasteiger partial charge on any atom is -0.345 e. The third kappa shape index (κ3) is 3.81. The Hall–Kier alpha value is -2.65. The van der Waals surface area contributed by atoms with Crippen LogP contribution in [-0.4, -0.2) is 37.4 Å². The molecule has 0 spiro atoms. The lowest BCUT2D eigenvalue weighted by atomic mass is 9.93. The van der Waals surface area contributed by atoms with E-state index in [4.69, 9.17) is 17.0 Å². The quantitative estimate of drug-likeness (QED) is 0.704. The molecular formula is C18H18ClFN4O3S. The second-order valence-corrected chi connectivity index (χ2v) is 9.12. The van der Waals surface area contributed by atoms with Crippen molar-refractivity contribution in [2.75, 3.05) is 18.1 Å². The summed E-state index contributed by atoms with van der Waals surface area (Å²) in [6, 6.07) is 10.1. The zero-order valence-electron chi connectivity index (χ0n) is 15.1. The molecule has 10 heteroatoms. The molecule has 1 saturated heterocycles. The number of benzene rings is 2. The van der Waals surface area contributed by atoms with Gasteiger partial charge < -0.3 is 10.6 Å². The highest BCUT2D eigenvalue weighted by molar-refractivity contribution is 7.89. The van der Waals surface area contributed by atoms with Crippen LogP contribution in [0.4, 0.5) is 10.1 Å². The normalized spacial score (nSPS) is 21.1. The fraction of sp³-hybridized carbons (Fsp3) is 0.222. The van der Waals surface area contributed by atoms with Crippen molar-refractivity contribution in [2.45, 2.75) is 12.5 Å². The molecule has 0 unspecified atom stereocenters. The summed E-state index contributed by atoms with van der Waals surface area (Å²) >= 11 is 5.81. The monoisotopic (exact) mass is 424 g/mol. The highest BCUT2D eigenvalue weighted by Gasteiger charge is 2.43. The molecule has 1 aliphatic rings. The maximum Gasteiger partial charge on any atom is 0.255 e. The van der Waals surface area contributed by atoms with Crippen LogP contribution in [0.2, 0.25) is 5.02 Å². The first-order valence-corrected chi connectivity index (χ1v) is 10.2. The third-order valence-electron chi connectivity index (χ3n) is 4.52. The van der Waals surface area contributed by atoms with Gasteiger partial charge in [0, 0.05) is 28.9 Å². The average molecular weight is 425 g/mol. The van der Waals surface area contributed by atoms with E-state index in [9.17, 15) is 17.6 Å². The summed E-state index contributed by atoms with van der Waals surface area (Å²) in [6.45, 7) is 1.50. The summed E-state index contributed by atoms with van der Waals surface area (Å²) in [4.78, 5) is 12.4. The number of guanidine groups is 1. The number of halogens is 2. The average Bonchev–Trinajstić information content (AvgIpc) is 2.61. The lowest BCUT2D eigenvalue weighted by Crippen LogP contribution is -2.61. The molecule has 0 saturated carbocycles. The Labute approximate surface area is 167 Å². The standard InChI is InChI=1S/C18H18ClFN4O3S/c1-18(10-28(26,27)24(2)17(21)23-18)14-9-13(7-8-15(14)20)22-16(25)11-3-5-12(19)6-4-11/h3-9H,10H2,1-2H3,(H2,21,23)(H,22,25)/t18-/m0/s1. The number of amides is 1. The Bertz CT molecular complexity index is 1060. The van der Waals surface area contributed by atoms with Crippen molar-refractivity contribution < 1.29 is 17.6 Å². The van der Waals surface area contributed by atoms with E-state index in [0.717, 1.165) is 10.4 Å². The summed E-state index contributed by atoms with van der Waals surface area (Å²) in [5, 5.41) is 13.7. The van der Waals surface area contributed by atoms with Crippen LogP contribution in [0.3, 0.4) is 0 Å². The highest BCUT2D eigenvalue weighted by Crippen LogP contribution is 2.31. The molecular weight excluding hydrogens is 407 g/mol. The van der Waals surface area contributed by atoms with Crippen LogP contribution in [0, 0.1) is 11.2 Å². The Balaban J connectivity index is 1.92. The number of anilines is 1. The summed E-state index contributed by atoms with van der Waals surface area (Å²) in [7, 11) is -2.53. The van der Waals surface area contributed by atoms with Gasteiger partial charge in [-0.15, -0.1) is 0 Å². The van der Waals surface area contributed by atoms with Crippen LogP contribution in [0.25, 0.3) is 0 Å². The van der Waals surface area contributed by atoms with Crippen LogP contribution in [0.15, 0.2) is 42.5 Å². The van der Waals surface area contributed by atoms with Crippen molar-refractivity contribution in [3.8, 4) is 0 Å². The Morgan fingerprint density at radius 2 is 1.93 bits per heavy atom. The van der Waals surface area contributed by atoms with Crippen molar-refractivity contribution in [3.63, 3.8) is 0 Å². The van der Waals surface area contributed by atoms with Gasteiger partial charge in [0.1, 0.15) is 5.82 Å². The second kappa shape index (κ2) is 7.06. The first kappa shape index (κ1) is 20.1. The Morgan fingerprint density at radius 3 is 2.54 bits per heavy atom. The van der Waals surface area contributed by atoms with Crippen LogP contribution < -0.4 is 10.6 Å². The summed E-state index contributed by atoms with van der Waals surface area (Å²) in [5.74, 6) is -1.86. The fourth-order valence-corrected chi connectivity index (χ4v) is 4.55. The minimum absolute atomic E-state index is 0.0304. The minimum atomic E-state index is -3.79. The van der Waals surface area contributed by atoms with Gasteiger partial charge in [0.25, 0.3) is 5.91 Å². The van der Waals surface area contributed by atoms with Crippen molar-refractivity contribution in [1.82, 2.24) is 9.62 Å². The van der Waals surface area contributed by atoms with Gasteiger partial charge >= 0.3 is 0 Å². The molecule has 1 amide bonds. The number of rotatable bonds is 3. The number of hydrogen-bond acceptors (Lipinski definition) is 4. The number of nitrogens with one attached hydrogen (secondary N) is 3. The van der Waals surface area contributed by atoms with E-state index in [1.165, 1.54) is 26.1 Å². The first-order valence-electron chi connectivity index (χ1n) is 8.22. The molecule has 0 aromatic heterocycles. The Kier molecular flexibility index (Phi) is 5.07. The predicted molar refractivity (Wildman–Crippen MR) is 106 cm³/mol. The predicted octanol–water partition coefficient (Wildman–Crippen LogP) is 2.75. The van der Waals surface area contributed by atoms with E-state index >= 15 is 0 Å². The lowest BCUT2D eigenvalue weighted by Gasteiger charge is -2.40. The number of hydrogen-bond donors (Lipinski definition) is 3. The molecule has 3 rings (SSSR count). The van der Waals surface area contributed by atoms with Gasteiger partial charge in [-0.2, -0.15) is 0 Å². The van der Waals surface area contributed by atoms with Crippen molar-refractivity contribution in [1.29, 1.82) is 5.41 Å². The Morgan fingerprint density at radius 1 is 1.29 bits per heavy atom. The van der Waals surface area contributed by atoms with Gasteiger partial charge in [0.2, 0.25) is 16.0 Å². The molecule has 1 atom stereocenters. The first-order chi connectivity index (χ1) is 13.0. The molecule has 1 aliphatic heterocycles. The number of nitrogens with zero attached hydrogens (tertiary/aromatic N) is 1. The maximum absolute atomic E-state index is 14.5. The van der Waals surface area contributed by atoms with Crippen LogP contribution in [0.5, 0.6) is 0 Å². The van der Waals surface area contributed by atoms with E-state index in [0.29, 0.717) is 16.3 Å². The highest BCUT2D eigenvalue weighted by atomic mass is 35.5. The molecule has 1 fully saturated rings. The second-order valence-electron chi connectivity index (χ2n) is 6.69. The largest absolute Gasteiger partial charge is 0.345 e. The van der Waals surface area contributed by atoms with Gasteiger partial charge in [-0.3, -0.25) is 10.2 Å². The smallest absolute Gasteiger partial charge is 0.255 e. The molecule has 0 aliphatic carbocycles. The van der Waals surface area contributed by atoms with Crippen LogP contribution in [0.1, 0.15) is 22.8 Å². The number of carbonyl (C=O) groups excluding carboxylic acids is 1. The number of sulfonamides is 1. The molecule has 0 radical (unpaired) electrons. The lowest BCUT2D eigenvalue weighted by molar-refractivity contribution is 0.102. The van der Waals surface area contributed by atoms with E-state index in [-0.39, 0.29) is 11.5 Å². The molecule has 3 N–H and O–H groups in total. The van der Waals surface area contributed by atoms with E-state index in [1.807, 2.05) is 0 Å². The summed E-state index contributed by atoms with van der Waals surface area (Å²) in [5.41, 5.74) is -0.679. The van der Waals surface area contributed by atoms with Gasteiger partial charge in [0.15, 0.2) is 0 Å². The molecule has 148 valence electrons. The third-order valence-corrected chi connectivity index (χ3v) is 6.73. The van der Waals surface area contributed by atoms with Crippen molar-refractivity contribution in [2.24, 2.45) is 0 Å². The zero-order chi connectivity index (χ0) is 20.7. The molecule has 7 nitrogen and oxygen atoms in total. The molecule has 2 aromatic rings. The summed E-state index contributed by atoms with van der Waals surface area (Å²) < 4.78 is 40.0. The topological polar surface area (TPSA) is 102 Å². The number of carbonyl (C=O) groups is 1. The van der Waals surface area contributed by atoms with Crippen LogP contribution in [-0.2, 0) is 15.6 Å². The van der Waals surface area contributed by atoms with Gasteiger partial charge in [-0.25, -0.2) is 17.1 Å². The molecule has 1 heterocycles. The van der Waals surface area contributed by atoms with E-state index < -0.39 is 33.0 Å².